The summed E-state index contributed by atoms with van der Waals surface area (Å²) in [4.78, 5) is 2.67. The van der Waals surface area contributed by atoms with E-state index in [2.05, 4.69) is 17.1 Å². The summed E-state index contributed by atoms with van der Waals surface area (Å²) in [6.07, 6.45) is 7.04. The quantitative estimate of drug-likeness (QED) is 0.698. The van der Waals surface area contributed by atoms with Crippen molar-refractivity contribution in [3.05, 3.63) is 0 Å². The molecular formula is C11H22N2. The highest BCUT2D eigenvalue weighted by Crippen LogP contribution is 2.18. The molecule has 0 amide bonds. The van der Waals surface area contributed by atoms with E-state index in [1.807, 2.05) is 0 Å². The first-order chi connectivity index (χ1) is 6.36. The van der Waals surface area contributed by atoms with Gasteiger partial charge in [-0.25, -0.2) is 0 Å². The van der Waals surface area contributed by atoms with Gasteiger partial charge in [-0.1, -0.05) is 6.42 Å². The fourth-order valence-corrected chi connectivity index (χ4v) is 2.62. The summed E-state index contributed by atoms with van der Waals surface area (Å²) in [6, 6.07) is 1.62. The van der Waals surface area contributed by atoms with Crippen LogP contribution >= 0.6 is 0 Å². The molecule has 13 heavy (non-hydrogen) atoms. The van der Waals surface area contributed by atoms with E-state index < -0.39 is 0 Å². The first-order valence-corrected chi connectivity index (χ1v) is 5.83. The Bertz CT molecular complexity index is 152. The Balaban J connectivity index is 1.78. The third-order valence-electron chi connectivity index (χ3n) is 3.56. The highest BCUT2D eigenvalue weighted by molar-refractivity contribution is 4.81. The molecule has 2 aliphatic heterocycles. The third kappa shape index (κ3) is 2.44. The van der Waals surface area contributed by atoms with Gasteiger partial charge in [0, 0.05) is 18.6 Å². The fraction of sp³-hybridized carbons (Fsp3) is 1.00. The zero-order valence-electron chi connectivity index (χ0n) is 8.76. The molecule has 0 spiro atoms. The van der Waals surface area contributed by atoms with Crippen LogP contribution in [0.4, 0.5) is 0 Å². The first-order valence-electron chi connectivity index (χ1n) is 5.83. The van der Waals surface area contributed by atoms with Crippen molar-refractivity contribution in [1.29, 1.82) is 0 Å². The van der Waals surface area contributed by atoms with Gasteiger partial charge in [0.15, 0.2) is 0 Å². The second-order valence-corrected chi connectivity index (χ2v) is 4.63. The van der Waals surface area contributed by atoms with E-state index in [1.165, 1.54) is 51.7 Å². The predicted molar refractivity (Wildman–Crippen MR) is 55.9 cm³/mol. The number of nitrogens with one attached hydrogen (secondary N) is 1. The molecule has 0 bridgehead atoms. The van der Waals surface area contributed by atoms with Crippen LogP contribution in [0.25, 0.3) is 0 Å². The number of likely N-dealkylation sites (tertiary alicyclic amines) is 1. The maximum atomic E-state index is 3.58. The van der Waals surface area contributed by atoms with E-state index in [9.17, 15) is 0 Å². The average molecular weight is 182 g/mol. The molecule has 2 heterocycles. The van der Waals surface area contributed by atoms with Crippen LogP contribution in [-0.2, 0) is 0 Å². The molecule has 76 valence electrons. The summed E-state index contributed by atoms with van der Waals surface area (Å²) in [5.41, 5.74) is 0. The number of rotatable bonds is 2. The lowest BCUT2D eigenvalue weighted by molar-refractivity contribution is 0.148. The fourth-order valence-electron chi connectivity index (χ4n) is 2.62. The summed E-state index contributed by atoms with van der Waals surface area (Å²) in [5.74, 6) is 0. The van der Waals surface area contributed by atoms with Crippen LogP contribution in [0, 0.1) is 0 Å². The number of piperidine rings is 1. The molecule has 0 aromatic heterocycles. The van der Waals surface area contributed by atoms with Crippen LogP contribution in [0.5, 0.6) is 0 Å². The van der Waals surface area contributed by atoms with Gasteiger partial charge in [0.2, 0.25) is 0 Å². The summed E-state index contributed by atoms with van der Waals surface area (Å²) >= 11 is 0. The van der Waals surface area contributed by atoms with Gasteiger partial charge >= 0.3 is 0 Å². The number of hydrogen-bond donors (Lipinski definition) is 1. The number of hydrogen-bond acceptors (Lipinski definition) is 2. The van der Waals surface area contributed by atoms with Crippen molar-refractivity contribution in [3.8, 4) is 0 Å². The van der Waals surface area contributed by atoms with Crippen molar-refractivity contribution < 1.29 is 0 Å². The van der Waals surface area contributed by atoms with Crippen molar-refractivity contribution in [3.63, 3.8) is 0 Å². The molecule has 2 saturated heterocycles. The van der Waals surface area contributed by atoms with Gasteiger partial charge in [0.25, 0.3) is 0 Å². The summed E-state index contributed by atoms with van der Waals surface area (Å²) in [7, 11) is 0. The Morgan fingerprint density at radius 3 is 2.85 bits per heavy atom. The molecule has 2 nitrogen and oxygen atoms in total. The minimum absolute atomic E-state index is 0.792. The van der Waals surface area contributed by atoms with Crippen molar-refractivity contribution in [2.24, 2.45) is 0 Å². The lowest BCUT2D eigenvalue weighted by Gasteiger charge is -2.35. The third-order valence-corrected chi connectivity index (χ3v) is 3.56. The summed E-state index contributed by atoms with van der Waals surface area (Å²) < 4.78 is 0. The van der Waals surface area contributed by atoms with Gasteiger partial charge in [0.1, 0.15) is 0 Å². The summed E-state index contributed by atoms with van der Waals surface area (Å²) in [5, 5.41) is 3.58. The lowest BCUT2D eigenvalue weighted by Crippen LogP contribution is -2.44. The van der Waals surface area contributed by atoms with Crippen LogP contribution in [0.15, 0.2) is 0 Å². The molecule has 2 heteroatoms. The van der Waals surface area contributed by atoms with E-state index in [1.54, 1.807) is 0 Å². The molecule has 0 aromatic rings. The highest BCUT2D eigenvalue weighted by Gasteiger charge is 2.22. The average Bonchev–Trinajstić information content (AvgIpc) is 2.61. The molecule has 2 rings (SSSR count). The maximum Gasteiger partial charge on any atom is 0.0195 e. The Labute approximate surface area is 81.7 Å². The molecule has 0 saturated carbocycles. The van der Waals surface area contributed by atoms with Crippen LogP contribution in [0.3, 0.4) is 0 Å². The minimum Gasteiger partial charge on any atom is -0.313 e. The van der Waals surface area contributed by atoms with Gasteiger partial charge in [-0.2, -0.15) is 0 Å². The Hall–Kier alpha value is -0.0800. The van der Waals surface area contributed by atoms with Crippen molar-refractivity contribution in [1.82, 2.24) is 10.2 Å². The molecule has 1 N–H and O–H groups in total. The van der Waals surface area contributed by atoms with Gasteiger partial charge in [0.05, 0.1) is 0 Å². The van der Waals surface area contributed by atoms with E-state index in [-0.39, 0.29) is 0 Å². The van der Waals surface area contributed by atoms with Crippen LogP contribution in [-0.4, -0.2) is 36.6 Å². The monoisotopic (exact) mass is 182 g/mol. The second-order valence-electron chi connectivity index (χ2n) is 4.63. The van der Waals surface area contributed by atoms with E-state index >= 15 is 0 Å². The largest absolute Gasteiger partial charge is 0.313 e. The predicted octanol–water partition coefficient (Wildman–Crippen LogP) is 1.61. The Kier molecular flexibility index (Phi) is 3.23. The molecule has 2 aliphatic rings. The van der Waals surface area contributed by atoms with Gasteiger partial charge in [-0.15, -0.1) is 0 Å². The van der Waals surface area contributed by atoms with Crippen LogP contribution in [0.2, 0.25) is 0 Å². The molecule has 1 unspecified atom stereocenters. The van der Waals surface area contributed by atoms with Gasteiger partial charge in [-0.3, -0.25) is 4.90 Å². The molecule has 0 radical (unpaired) electrons. The topological polar surface area (TPSA) is 15.3 Å². The zero-order valence-corrected chi connectivity index (χ0v) is 8.76. The minimum atomic E-state index is 0.792. The Morgan fingerprint density at radius 2 is 2.15 bits per heavy atom. The van der Waals surface area contributed by atoms with Gasteiger partial charge in [-0.05, 0) is 45.7 Å². The first kappa shape index (κ1) is 9.47. The molecule has 0 aliphatic carbocycles. The van der Waals surface area contributed by atoms with Crippen molar-refractivity contribution in [2.75, 3.05) is 19.6 Å². The molecular weight excluding hydrogens is 160 g/mol. The lowest BCUT2D eigenvalue weighted by atomic mass is 10.0. The maximum absolute atomic E-state index is 3.58. The smallest absolute Gasteiger partial charge is 0.0195 e. The highest BCUT2D eigenvalue weighted by atomic mass is 15.2. The normalized spacial score (nSPS) is 36.7. The summed E-state index contributed by atoms with van der Waals surface area (Å²) in [6.45, 7) is 6.25. The number of nitrogens with zero attached hydrogens (tertiary/aromatic N) is 1. The standard InChI is InChI=1S/C11H22N2/c1-10-5-2-3-8-13(10)9-11-6-4-7-12-11/h10-12H,2-9H2,1H3/t10?,11-/m0/s1. The van der Waals surface area contributed by atoms with E-state index in [4.69, 9.17) is 0 Å². The molecule has 2 atom stereocenters. The van der Waals surface area contributed by atoms with Crippen LogP contribution < -0.4 is 5.32 Å². The molecule has 0 aromatic carbocycles. The SMILES string of the molecule is CC1CCCCN1C[C@@H]1CCCN1. The van der Waals surface area contributed by atoms with E-state index in [0.29, 0.717) is 0 Å². The van der Waals surface area contributed by atoms with Crippen LogP contribution in [0.1, 0.15) is 39.0 Å². The van der Waals surface area contributed by atoms with Crippen molar-refractivity contribution >= 4 is 0 Å². The van der Waals surface area contributed by atoms with E-state index in [0.717, 1.165) is 12.1 Å². The second kappa shape index (κ2) is 4.43. The molecule has 2 fully saturated rings. The Morgan fingerprint density at radius 1 is 1.23 bits per heavy atom. The van der Waals surface area contributed by atoms with Crippen molar-refractivity contribution in [2.45, 2.75) is 51.1 Å². The zero-order chi connectivity index (χ0) is 9.10. The van der Waals surface area contributed by atoms with Gasteiger partial charge < -0.3 is 5.32 Å².